The number of piperidine rings is 1. The Bertz CT molecular complexity index is 780. The molecule has 2 saturated heterocycles. The highest BCUT2D eigenvalue weighted by Gasteiger charge is 2.69. The van der Waals surface area contributed by atoms with Gasteiger partial charge in [-0.15, -0.1) is 11.3 Å². The molecule has 0 aromatic carbocycles. The van der Waals surface area contributed by atoms with Crippen molar-refractivity contribution in [2.75, 3.05) is 6.54 Å². The van der Waals surface area contributed by atoms with Gasteiger partial charge in [-0.1, -0.05) is 24.3 Å². The molecule has 0 radical (unpaired) electrons. The van der Waals surface area contributed by atoms with Crippen molar-refractivity contribution in [2.24, 2.45) is 0 Å². The first-order chi connectivity index (χ1) is 10.8. The van der Waals surface area contributed by atoms with E-state index >= 15 is 0 Å². The van der Waals surface area contributed by atoms with E-state index in [-0.39, 0.29) is 12.0 Å². The molecule has 0 amide bonds. The Morgan fingerprint density at radius 3 is 3.18 bits per heavy atom. The van der Waals surface area contributed by atoms with Crippen LogP contribution < -0.4 is 0 Å². The Morgan fingerprint density at radius 2 is 2.32 bits per heavy atom. The van der Waals surface area contributed by atoms with Crippen molar-refractivity contribution < 1.29 is 9.53 Å². The van der Waals surface area contributed by atoms with Gasteiger partial charge >= 0.3 is 5.97 Å². The lowest BCUT2D eigenvalue weighted by Gasteiger charge is -2.60. The zero-order valence-electron chi connectivity index (χ0n) is 12.0. The van der Waals surface area contributed by atoms with Crippen LogP contribution in [0.5, 0.6) is 0 Å². The predicted octanol–water partition coefficient (Wildman–Crippen LogP) is 2.50. The van der Waals surface area contributed by atoms with Crippen molar-refractivity contribution in [3.8, 4) is 11.8 Å². The van der Waals surface area contributed by atoms with Crippen LogP contribution >= 0.6 is 11.3 Å². The van der Waals surface area contributed by atoms with Gasteiger partial charge in [0.25, 0.3) is 0 Å². The van der Waals surface area contributed by atoms with Gasteiger partial charge in [0.15, 0.2) is 5.60 Å². The monoisotopic (exact) mass is 309 g/mol. The minimum atomic E-state index is -0.420. The average Bonchev–Trinajstić information content (AvgIpc) is 3.20. The van der Waals surface area contributed by atoms with Crippen LogP contribution in [0, 0.1) is 11.8 Å². The van der Waals surface area contributed by atoms with Gasteiger partial charge in [-0.05, 0) is 36.9 Å². The van der Waals surface area contributed by atoms with E-state index in [1.807, 2.05) is 17.5 Å². The molecule has 1 aromatic heterocycles. The van der Waals surface area contributed by atoms with E-state index in [1.54, 1.807) is 17.4 Å². The fraction of sp³-hybridized carbons (Fsp3) is 0.389. The van der Waals surface area contributed by atoms with Gasteiger partial charge in [0.05, 0.1) is 17.0 Å². The van der Waals surface area contributed by atoms with Crippen LogP contribution in [0.2, 0.25) is 0 Å². The van der Waals surface area contributed by atoms with Crippen LogP contribution in [0.15, 0.2) is 40.8 Å². The van der Waals surface area contributed by atoms with Gasteiger partial charge in [-0.25, -0.2) is 4.79 Å². The number of fused-ring (bicyclic) bond motifs is 2. The highest BCUT2D eigenvalue weighted by Crippen LogP contribution is 2.57. The van der Waals surface area contributed by atoms with Gasteiger partial charge in [-0.3, -0.25) is 4.90 Å². The maximum absolute atomic E-state index is 11.9. The molecule has 3 nitrogen and oxygen atoms in total. The Balaban J connectivity index is 1.56. The van der Waals surface area contributed by atoms with Crippen LogP contribution in [0.25, 0.3) is 0 Å². The van der Waals surface area contributed by atoms with Crippen molar-refractivity contribution in [1.82, 2.24) is 4.90 Å². The Morgan fingerprint density at radius 1 is 1.36 bits per heavy atom. The molecule has 1 aromatic rings. The first-order valence-electron chi connectivity index (χ1n) is 7.78. The minimum Gasteiger partial charge on any atom is -0.447 e. The molecule has 4 heterocycles. The Hall–Kier alpha value is -1.83. The molecule has 3 atom stereocenters. The van der Waals surface area contributed by atoms with Crippen molar-refractivity contribution in [2.45, 2.75) is 36.9 Å². The van der Waals surface area contributed by atoms with E-state index in [9.17, 15) is 4.79 Å². The maximum atomic E-state index is 11.9. The molecular weight excluding hydrogens is 294 g/mol. The number of rotatable bonds is 0. The van der Waals surface area contributed by atoms with E-state index in [0.717, 1.165) is 29.0 Å². The number of esters is 1. The molecule has 1 unspecified atom stereocenters. The van der Waals surface area contributed by atoms with Gasteiger partial charge in [-0.2, -0.15) is 0 Å². The second-order valence-electron chi connectivity index (χ2n) is 6.27. The van der Waals surface area contributed by atoms with Gasteiger partial charge in [0.1, 0.15) is 0 Å². The van der Waals surface area contributed by atoms with E-state index in [0.29, 0.717) is 6.04 Å². The van der Waals surface area contributed by atoms with Crippen LogP contribution in [-0.4, -0.2) is 35.1 Å². The first kappa shape index (κ1) is 12.7. The summed E-state index contributed by atoms with van der Waals surface area (Å²) in [5.74, 6) is 6.29. The number of thiophene rings is 1. The third kappa shape index (κ3) is 1.48. The summed E-state index contributed by atoms with van der Waals surface area (Å²) >= 11 is 1.64. The molecule has 1 spiro atoms. The summed E-state index contributed by atoms with van der Waals surface area (Å²) in [6.07, 6.45) is 7.44. The zero-order chi connectivity index (χ0) is 14.7. The summed E-state index contributed by atoms with van der Waals surface area (Å²) in [4.78, 5) is 15.4. The van der Waals surface area contributed by atoms with Crippen molar-refractivity contribution in [3.63, 3.8) is 0 Å². The lowest BCUT2D eigenvalue weighted by molar-refractivity contribution is -0.194. The number of carbonyl (C=O) groups excluding carboxylic acids is 1. The SMILES string of the molecule is O=C1C=C2C(C#Cc3cccs3)=C[C@H]3N4CCCC[C@@H]4C23O1. The molecule has 0 bridgehead atoms. The third-order valence-corrected chi connectivity index (χ3v) is 6.03. The molecule has 3 aliphatic heterocycles. The molecule has 4 aliphatic rings. The van der Waals surface area contributed by atoms with Crippen molar-refractivity contribution >= 4 is 17.3 Å². The summed E-state index contributed by atoms with van der Waals surface area (Å²) < 4.78 is 5.82. The van der Waals surface area contributed by atoms with E-state index in [1.165, 1.54) is 12.8 Å². The topological polar surface area (TPSA) is 29.5 Å². The second kappa shape index (κ2) is 4.34. The van der Waals surface area contributed by atoms with Crippen LogP contribution in [-0.2, 0) is 9.53 Å². The molecule has 110 valence electrons. The van der Waals surface area contributed by atoms with Gasteiger partial charge in [0, 0.05) is 17.2 Å². The van der Waals surface area contributed by atoms with E-state index in [4.69, 9.17) is 4.74 Å². The summed E-state index contributed by atoms with van der Waals surface area (Å²) in [6.45, 7) is 1.10. The van der Waals surface area contributed by atoms with Crippen molar-refractivity contribution in [1.29, 1.82) is 0 Å². The van der Waals surface area contributed by atoms with E-state index < -0.39 is 5.60 Å². The zero-order valence-corrected chi connectivity index (χ0v) is 12.9. The standard InChI is InChI=1S/C18H15NO2S/c20-17-11-14-12(6-7-13-4-3-9-22-13)10-16-18(14,21-17)15-5-1-2-8-19(15)16/h3-4,9-11,15-16H,1-2,5,8H2/t15-,16-,18?/m1/s1. The predicted molar refractivity (Wildman–Crippen MR) is 84.3 cm³/mol. The number of nitrogens with zero attached hydrogens (tertiary/aromatic N) is 1. The Labute approximate surface area is 133 Å². The smallest absolute Gasteiger partial charge is 0.332 e. The number of ether oxygens (including phenoxy) is 1. The largest absolute Gasteiger partial charge is 0.447 e. The average molecular weight is 309 g/mol. The first-order valence-corrected chi connectivity index (χ1v) is 8.65. The maximum Gasteiger partial charge on any atom is 0.332 e. The molecule has 22 heavy (non-hydrogen) atoms. The molecule has 1 aliphatic carbocycles. The molecule has 4 heteroatoms. The van der Waals surface area contributed by atoms with Gasteiger partial charge in [0.2, 0.25) is 0 Å². The fourth-order valence-corrected chi connectivity index (χ4v) is 4.97. The van der Waals surface area contributed by atoms with Crippen LogP contribution in [0.3, 0.4) is 0 Å². The highest BCUT2D eigenvalue weighted by atomic mass is 32.1. The lowest BCUT2D eigenvalue weighted by Crippen LogP contribution is -2.76. The van der Waals surface area contributed by atoms with Crippen LogP contribution in [0.1, 0.15) is 24.1 Å². The van der Waals surface area contributed by atoms with Gasteiger partial charge < -0.3 is 4.74 Å². The highest BCUT2D eigenvalue weighted by molar-refractivity contribution is 7.10. The normalized spacial score (nSPS) is 35.2. The second-order valence-corrected chi connectivity index (χ2v) is 7.22. The van der Waals surface area contributed by atoms with Crippen molar-refractivity contribution in [3.05, 3.63) is 45.7 Å². The molecule has 5 rings (SSSR count). The number of carbonyl (C=O) groups is 1. The van der Waals surface area contributed by atoms with Crippen LogP contribution in [0.4, 0.5) is 0 Å². The lowest BCUT2D eigenvalue weighted by atomic mass is 9.70. The number of hydrogen-bond acceptors (Lipinski definition) is 4. The summed E-state index contributed by atoms with van der Waals surface area (Å²) in [7, 11) is 0. The Kier molecular flexibility index (Phi) is 2.51. The third-order valence-electron chi connectivity index (χ3n) is 5.24. The fourth-order valence-electron chi connectivity index (χ4n) is 4.40. The molecular formula is C18H15NO2S. The summed E-state index contributed by atoms with van der Waals surface area (Å²) in [6, 6.07) is 4.57. The molecule has 2 fully saturated rings. The molecule has 0 saturated carbocycles. The summed E-state index contributed by atoms with van der Waals surface area (Å²) in [5.41, 5.74) is 1.59. The number of hydrogen-bond donors (Lipinski definition) is 0. The summed E-state index contributed by atoms with van der Waals surface area (Å²) in [5, 5.41) is 2.03. The van der Waals surface area contributed by atoms with E-state index in [2.05, 4.69) is 22.8 Å². The minimum absolute atomic E-state index is 0.197. The molecule has 0 N–H and O–H groups in total. The quantitative estimate of drug-likeness (QED) is 0.545.